The minimum absolute atomic E-state index is 0.0804. The fraction of sp³-hybridized carbons (Fsp3) is 0.500. The molecule has 25 heavy (non-hydrogen) atoms. The van der Waals surface area contributed by atoms with Crippen LogP contribution in [0.15, 0.2) is 12.4 Å². The van der Waals surface area contributed by atoms with Crippen molar-refractivity contribution in [3.8, 4) is 16.2 Å². The standard InChI is InChI=1S/C16H18N4O4S/c21-16-15-12-13(14(25-15)9-5-17-18-6-9)24-2-1-20(12)7-10(19-16)11-8-22-3-4-23-11/h5-6,10-11H,1-4,7-8H2,(H,17,18)(H,19,21)/t10-,11+/m1/s1. The van der Waals surface area contributed by atoms with E-state index in [0.29, 0.717) is 37.8 Å². The molecule has 0 aliphatic carbocycles. The summed E-state index contributed by atoms with van der Waals surface area (Å²) in [7, 11) is 0. The quantitative estimate of drug-likeness (QED) is 0.824. The van der Waals surface area contributed by atoms with Crippen LogP contribution in [0.25, 0.3) is 10.4 Å². The molecule has 0 radical (unpaired) electrons. The van der Waals surface area contributed by atoms with Crippen molar-refractivity contribution < 1.29 is 19.0 Å². The van der Waals surface area contributed by atoms with Crippen molar-refractivity contribution >= 4 is 22.9 Å². The van der Waals surface area contributed by atoms with Crippen LogP contribution in [0, 0.1) is 0 Å². The van der Waals surface area contributed by atoms with Gasteiger partial charge in [0.1, 0.15) is 23.3 Å². The molecule has 2 aromatic rings. The molecule has 1 fully saturated rings. The number of H-pyrrole nitrogens is 1. The molecule has 0 saturated carbocycles. The number of aromatic nitrogens is 2. The van der Waals surface area contributed by atoms with Crippen LogP contribution in [-0.2, 0) is 9.47 Å². The molecular formula is C16H18N4O4S. The van der Waals surface area contributed by atoms with Gasteiger partial charge in [0.05, 0.1) is 43.5 Å². The number of anilines is 1. The number of amides is 1. The van der Waals surface area contributed by atoms with E-state index >= 15 is 0 Å². The number of rotatable bonds is 2. The van der Waals surface area contributed by atoms with Gasteiger partial charge in [-0.3, -0.25) is 9.89 Å². The zero-order chi connectivity index (χ0) is 16.8. The Labute approximate surface area is 148 Å². The van der Waals surface area contributed by atoms with Crippen molar-refractivity contribution in [3.05, 3.63) is 17.3 Å². The second-order valence-electron chi connectivity index (χ2n) is 6.28. The van der Waals surface area contributed by atoms with Gasteiger partial charge < -0.3 is 24.4 Å². The van der Waals surface area contributed by atoms with Gasteiger partial charge >= 0.3 is 0 Å². The summed E-state index contributed by atoms with van der Waals surface area (Å²) in [6.45, 7) is 3.72. The van der Waals surface area contributed by atoms with Crippen molar-refractivity contribution in [1.29, 1.82) is 0 Å². The van der Waals surface area contributed by atoms with E-state index in [-0.39, 0.29) is 18.1 Å². The number of thiophene rings is 1. The number of ether oxygens (including phenoxy) is 3. The summed E-state index contributed by atoms with van der Waals surface area (Å²) in [5.74, 6) is 0.701. The molecule has 9 heteroatoms. The van der Waals surface area contributed by atoms with Gasteiger partial charge in [-0.15, -0.1) is 11.3 Å². The fourth-order valence-electron chi connectivity index (χ4n) is 3.57. The molecule has 0 bridgehead atoms. The lowest BCUT2D eigenvalue weighted by Crippen LogP contribution is -2.53. The highest BCUT2D eigenvalue weighted by Gasteiger charge is 2.39. The van der Waals surface area contributed by atoms with Gasteiger partial charge in [0.25, 0.3) is 5.91 Å². The summed E-state index contributed by atoms with van der Waals surface area (Å²) in [4.78, 5) is 16.7. The van der Waals surface area contributed by atoms with E-state index in [4.69, 9.17) is 14.2 Å². The lowest BCUT2D eigenvalue weighted by Gasteiger charge is -2.35. The maximum absolute atomic E-state index is 12.9. The van der Waals surface area contributed by atoms with Gasteiger partial charge in [-0.05, 0) is 0 Å². The Balaban J connectivity index is 1.53. The van der Waals surface area contributed by atoms with E-state index in [1.807, 2.05) is 6.20 Å². The molecule has 1 saturated heterocycles. The molecule has 132 valence electrons. The summed E-state index contributed by atoms with van der Waals surface area (Å²) in [6, 6.07) is -0.101. The van der Waals surface area contributed by atoms with Crippen LogP contribution in [0.3, 0.4) is 0 Å². The van der Waals surface area contributed by atoms with E-state index in [0.717, 1.165) is 28.4 Å². The van der Waals surface area contributed by atoms with Crippen molar-refractivity contribution in [3.63, 3.8) is 0 Å². The SMILES string of the molecule is O=C1N[C@@H]([C@@H]2COCCO2)CN2CCOc3c(-c4cn[nH]c4)sc1c32. The molecule has 2 atom stereocenters. The number of nitrogens with zero attached hydrogens (tertiary/aromatic N) is 2. The van der Waals surface area contributed by atoms with Crippen molar-refractivity contribution in [1.82, 2.24) is 15.5 Å². The zero-order valence-corrected chi connectivity index (χ0v) is 14.3. The average Bonchev–Trinajstić information content (AvgIpc) is 3.26. The largest absolute Gasteiger partial charge is 0.488 e. The molecule has 0 spiro atoms. The highest BCUT2D eigenvalue weighted by atomic mass is 32.1. The first-order valence-corrected chi connectivity index (χ1v) is 9.17. The van der Waals surface area contributed by atoms with E-state index in [9.17, 15) is 4.79 Å². The minimum atomic E-state index is -0.119. The Bertz CT molecular complexity index is 784. The maximum atomic E-state index is 12.9. The third kappa shape index (κ3) is 2.50. The molecular weight excluding hydrogens is 344 g/mol. The lowest BCUT2D eigenvalue weighted by molar-refractivity contribution is -0.0989. The van der Waals surface area contributed by atoms with Gasteiger partial charge in [0.2, 0.25) is 0 Å². The van der Waals surface area contributed by atoms with Crippen LogP contribution in [0.1, 0.15) is 9.67 Å². The fourth-order valence-corrected chi connectivity index (χ4v) is 4.72. The predicted octanol–water partition coefficient (Wildman–Crippen LogP) is 0.864. The topological polar surface area (TPSA) is 88.7 Å². The first kappa shape index (κ1) is 15.2. The zero-order valence-electron chi connectivity index (χ0n) is 13.5. The molecule has 5 heterocycles. The van der Waals surface area contributed by atoms with E-state index in [1.165, 1.54) is 11.3 Å². The lowest BCUT2D eigenvalue weighted by atomic mass is 10.1. The number of carbonyl (C=O) groups is 1. The number of aromatic amines is 1. The molecule has 0 unspecified atom stereocenters. The number of hydrogen-bond acceptors (Lipinski definition) is 7. The Hall–Kier alpha value is -2.10. The third-order valence-electron chi connectivity index (χ3n) is 4.76. The minimum Gasteiger partial charge on any atom is -0.488 e. The number of hydrogen-bond donors (Lipinski definition) is 2. The van der Waals surface area contributed by atoms with Crippen LogP contribution in [0.2, 0.25) is 0 Å². The summed E-state index contributed by atoms with van der Waals surface area (Å²) in [5, 5.41) is 9.96. The molecule has 8 nitrogen and oxygen atoms in total. The third-order valence-corrected chi connectivity index (χ3v) is 5.96. The van der Waals surface area contributed by atoms with Crippen molar-refractivity contribution in [2.75, 3.05) is 44.4 Å². The average molecular weight is 362 g/mol. The molecule has 3 aliphatic rings. The Morgan fingerprint density at radius 2 is 2.24 bits per heavy atom. The monoisotopic (exact) mass is 362 g/mol. The van der Waals surface area contributed by atoms with E-state index in [2.05, 4.69) is 20.4 Å². The summed E-state index contributed by atoms with van der Waals surface area (Å²) < 4.78 is 17.3. The van der Waals surface area contributed by atoms with Crippen molar-refractivity contribution in [2.45, 2.75) is 12.1 Å². The molecule has 0 aromatic carbocycles. The van der Waals surface area contributed by atoms with Gasteiger partial charge in [-0.1, -0.05) is 0 Å². The van der Waals surface area contributed by atoms with Gasteiger partial charge in [-0.25, -0.2) is 0 Å². The second kappa shape index (κ2) is 6.01. The van der Waals surface area contributed by atoms with E-state index in [1.54, 1.807) is 6.20 Å². The molecule has 2 N–H and O–H groups in total. The van der Waals surface area contributed by atoms with Gasteiger partial charge in [0, 0.05) is 18.3 Å². The van der Waals surface area contributed by atoms with Crippen LogP contribution in [0.4, 0.5) is 5.69 Å². The van der Waals surface area contributed by atoms with Crippen molar-refractivity contribution in [2.24, 2.45) is 0 Å². The highest BCUT2D eigenvalue weighted by Crippen LogP contribution is 2.50. The van der Waals surface area contributed by atoms with E-state index < -0.39 is 0 Å². The number of carbonyl (C=O) groups excluding carboxylic acids is 1. The second-order valence-corrected chi connectivity index (χ2v) is 7.30. The Morgan fingerprint density at radius 3 is 3.04 bits per heavy atom. The van der Waals surface area contributed by atoms with Crippen LogP contribution in [0.5, 0.6) is 5.75 Å². The smallest absolute Gasteiger partial charge is 0.264 e. The first-order valence-electron chi connectivity index (χ1n) is 8.35. The van der Waals surface area contributed by atoms with Gasteiger partial charge in [0.15, 0.2) is 5.75 Å². The molecule has 1 amide bonds. The maximum Gasteiger partial charge on any atom is 0.264 e. The molecule has 2 aromatic heterocycles. The number of nitrogens with one attached hydrogen (secondary N) is 2. The predicted molar refractivity (Wildman–Crippen MR) is 91.4 cm³/mol. The Morgan fingerprint density at radius 1 is 1.28 bits per heavy atom. The molecule has 5 rings (SSSR count). The van der Waals surface area contributed by atoms with Crippen LogP contribution >= 0.6 is 11.3 Å². The Kier molecular flexibility index (Phi) is 3.65. The summed E-state index contributed by atoms with van der Waals surface area (Å²) in [6.07, 6.45) is 3.45. The van der Waals surface area contributed by atoms with Gasteiger partial charge in [-0.2, -0.15) is 5.10 Å². The molecule has 3 aliphatic heterocycles. The van der Waals surface area contributed by atoms with Crippen LogP contribution in [-0.4, -0.2) is 67.8 Å². The summed E-state index contributed by atoms with van der Waals surface area (Å²) in [5.41, 5.74) is 1.83. The first-order chi connectivity index (χ1) is 12.3. The highest BCUT2D eigenvalue weighted by molar-refractivity contribution is 7.18. The summed E-state index contributed by atoms with van der Waals surface area (Å²) >= 11 is 1.45. The normalized spacial score (nSPS) is 25.8. The van der Waals surface area contributed by atoms with Crippen LogP contribution < -0.4 is 15.0 Å².